The van der Waals surface area contributed by atoms with Gasteiger partial charge in [0.05, 0.1) is 37.1 Å². The minimum absolute atomic E-state index is 0.0529. The van der Waals surface area contributed by atoms with Crippen molar-refractivity contribution in [2.75, 3.05) is 33.4 Å². The van der Waals surface area contributed by atoms with E-state index in [1.807, 2.05) is 18.0 Å². The smallest absolute Gasteiger partial charge is 0.318 e. The molecule has 1 aromatic heterocycles. The van der Waals surface area contributed by atoms with E-state index in [1.54, 1.807) is 18.0 Å². The SMILES string of the molecule is COC[C@@H](NC(=O)N1CCOC2(CCCC2)C1)c1ccnn1C. The van der Waals surface area contributed by atoms with Crippen LogP contribution in [0.3, 0.4) is 0 Å². The third-order valence-corrected chi connectivity index (χ3v) is 4.90. The number of carbonyl (C=O) groups excluding carboxylic acids is 1. The number of methoxy groups -OCH3 is 1. The predicted octanol–water partition coefficient (Wildman–Crippen LogP) is 1.46. The lowest BCUT2D eigenvalue weighted by Crippen LogP contribution is -2.55. The Bertz CT molecular complexity index is 539. The van der Waals surface area contributed by atoms with Crippen LogP contribution in [-0.2, 0) is 16.5 Å². The summed E-state index contributed by atoms with van der Waals surface area (Å²) in [6.45, 7) is 2.36. The van der Waals surface area contributed by atoms with E-state index < -0.39 is 0 Å². The van der Waals surface area contributed by atoms with Crippen LogP contribution < -0.4 is 5.32 Å². The van der Waals surface area contributed by atoms with Crippen LogP contribution in [0.1, 0.15) is 37.4 Å². The highest BCUT2D eigenvalue weighted by Gasteiger charge is 2.40. The summed E-state index contributed by atoms with van der Waals surface area (Å²) in [5.74, 6) is 0. The number of nitrogens with one attached hydrogen (secondary N) is 1. The molecule has 2 aliphatic rings. The zero-order valence-corrected chi connectivity index (χ0v) is 14.0. The summed E-state index contributed by atoms with van der Waals surface area (Å²) in [6, 6.07) is 1.65. The van der Waals surface area contributed by atoms with Crippen molar-refractivity contribution in [3.05, 3.63) is 18.0 Å². The van der Waals surface area contributed by atoms with Gasteiger partial charge in [-0.2, -0.15) is 5.10 Å². The molecule has 3 rings (SSSR count). The Hall–Kier alpha value is -1.60. The first-order chi connectivity index (χ1) is 11.1. The molecule has 1 atom stereocenters. The van der Waals surface area contributed by atoms with E-state index in [0.29, 0.717) is 26.3 Å². The van der Waals surface area contributed by atoms with Gasteiger partial charge in [-0.15, -0.1) is 0 Å². The summed E-state index contributed by atoms with van der Waals surface area (Å²) < 4.78 is 13.0. The second-order valence-electron chi connectivity index (χ2n) is 6.50. The van der Waals surface area contributed by atoms with E-state index in [-0.39, 0.29) is 17.7 Å². The Morgan fingerprint density at radius 1 is 1.52 bits per heavy atom. The van der Waals surface area contributed by atoms with E-state index >= 15 is 0 Å². The molecule has 0 bridgehead atoms. The molecule has 7 nitrogen and oxygen atoms in total. The molecule has 7 heteroatoms. The quantitative estimate of drug-likeness (QED) is 0.911. The number of aryl methyl sites for hydroxylation is 1. The molecule has 23 heavy (non-hydrogen) atoms. The maximum absolute atomic E-state index is 12.7. The van der Waals surface area contributed by atoms with Crippen molar-refractivity contribution in [2.24, 2.45) is 7.05 Å². The third-order valence-electron chi connectivity index (χ3n) is 4.90. The maximum atomic E-state index is 12.7. The molecule has 1 aliphatic heterocycles. The number of carbonyl (C=O) groups is 1. The Morgan fingerprint density at radius 3 is 2.96 bits per heavy atom. The normalized spacial score (nSPS) is 21.6. The number of amides is 2. The number of hydrogen-bond donors (Lipinski definition) is 1. The second-order valence-corrected chi connectivity index (χ2v) is 6.50. The molecule has 0 aromatic carbocycles. The van der Waals surface area contributed by atoms with Gasteiger partial charge in [-0.1, -0.05) is 12.8 Å². The van der Waals surface area contributed by atoms with Gasteiger partial charge in [-0.05, 0) is 18.9 Å². The lowest BCUT2D eigenvalue weighted by molar-refractivity contribution is -0.0928. The fourth-order valence-electron chi connectivity index (χ4n) is 3.67. The lowest BCUT2D eigenvalue weighted by atomic mass is 10.00. The van der Waals surface area contributed by atoms with Crippen LogP contribution in [0, 0.1) is 0 Å². The molecule has 0 unspecified atom stereocenters. The van der Waals surface area contributed by atoms with E-state index in [2.05, 4.69) is 10.4 Å². The summed E-state index contributed by atoms with van der Waals surface area (Å²) >= 11 is 0. The average Bonchev–Trinajstić information content (AvgIpc) is 3.16. The van der Waals surface area contributed by atoms with E-state index in [9.17, 15) is 4.79 Å². The fraction of sp³-hybridized carbons (Fsp3) is 0.750. The van der Waals surface area contributed by atoms with Crippen molar-refractivity contribution in [1.82, 2.24) is 20.0 Å². The van der Waals surface area contributed by atoms with Crippen molar-refractivity contribution in [3.63, 3.8) is 0 Å². The van der Waals surface area contributed by atoms with Gasteiger partial charge in [-0.3, -0.25) is 4.68 Å². The predicted molar refractivity (Wildman–Crippen MR) is 85.1 cm³/mol. The molecular formula is C16H26N4O3. The van der Waals surface area contributed by atoms with Gasteiger partial charge in [0.15, 0.2) is 0 Å². The number of ether oxygens (including phenoxy) is 2. The first kappa shape index (κ1) is 16.3. The van der Waals surface area contributed by atoms with Crippen LogP contribution in [0.25, 0.3) is 0 Å². The molecule has 1 N–H and O–H groups in total. The number of morpholine rings is 1. The number of hydrogen-bond acceptors (Lipinski definition) is 4. The summed E-state index contributed by atoms with van der Waals surface area (Å²) in [7, 11) is 3.50. The summed E-state index contributed by atoms with van der Waals surface area (Å²) in [5, 5.41) is 7.26. The van der Waals surface area contributed by atoms with Crippen LogP contribution in [0.5, 0.6) is 0 Å². The highest BCUT2D eigenvalue weighted by molar-refractivity contribution is 5.75. The van der Waals surface area contributed by atoms with Crippen molar-refractivity contribution in [2.45, 2.75) is 37.3 Å². The first-order valence-corrected chi connectivity index (χ1v) is 8.30. The van der Waals surface area contributed by atoms with E-state index in [0.717, 1.165) is 18.5 Å². The van der Waals surface area contributed by atoms with E-state index in [1.165, 1.54) is 12.8 Å². The van der Waals surface area contributed by atoms with Crippen molar-refractivity contribution < 1.29 is 14.3 Å². The summed E-state index contributed by atoms with van der Waals surface area (Å²) in [5.41, 5.74) is 0.822. The van der Waals surface area contributed by atoms with Crippen LogP contribution >= 0.6 is 0 Å². The Labute approximate surface area is 136 Å². The largest absolute Gasteiger partial charge is 0.382 e. The third kappa shape index (κ3) is 3.50. The number of aromatic nitrogens is 2. The minimum atomic E-state index is -0.206. The average molecular weight is 322 g/mol. The molecule has 1 saturated carbocycles. The van der Waals surface area contributed by atoms with Gasteiger partial charge in [-0.25, -0.2) is 4.79 Å². The minimum Gasteiger partial charge on any atom is -0.382 e. The Kier molecular flexibility index (Phi) is 4.87. The van der Waals surface area contributed by atoms with Crippen LogP contribution in [0.2, 0.25) is 0 Å². The molecule has 1 aliphatic carbocycles. The fourth-order valence-corrected chi connectivity index (χ4v) is 3.67. The van der Waals surface area contributed by atoms with Gasteiger partial charge in [0, 0.05) is 26.9 Å². The second kappa shape index (κ2) is 6.88. The maximum Gasteiger partial charge on any atom is 0.318 e. The molecule has 2 amide bonds. The van der Waals surface area contributed by atoms with Crippen molar-refractivity contribution in [3.8, 4) is 0 Å². The topological polar surface area (TPSA) is 68.6 Å². The summed E-state index contributed by atoms with van der Waals surface area (Å²) in [6.07, 6.45) is 6.22. The van der Waals surface area contributed by atoms with Gasteiger partial charge < -0.3 is 19.7 Å². The van der Waals surface area contributed by atoms with Gasteiger partial charge in [0.2, 0.25) is 0 Å². The van der Waals surface area contributed by atoms with Crippen LogP contribution in [0.15, 0.2) is 12.3 Å². The standard InChI is InChI=1S/C16H26N4O3/c1-19-14(5-8-17-19)13(11-22-2)18-15(21)20-9-10-23-16(12-20)6-3-4-7-16/h5,8,13H,3-4,6-7,9-12H2,1-2H3,(H,18,21)/t13-/m1/s1. The highest BCUT2D eigenvalue weighted by Crippen LogP contribution is 2.35. The zero-order valence-electron chi connectivity index (χ0n) is 14.0. The van der Waals surface area contributed by atoms with Crippen LogP contribution in [0.4, 0.5) is 4.79 Å². The molecule has 1 aromatic rings. The summed E-state index contributed by atoms with van der Waals surface area (Å²) in [4.78, 5) is 14.6. The van der Waals surface area contributed by atoms with Gasteiger partial charge >= 0.3 is 6.03 Å². The Morgan fingerprint density at radius 2 is 2.30 bits per heavy atom. The number of rotatable bonds is 4. The number of urea groups is 1. The Balaban J connectivity index is 1.65. The van der Waals surface area contributed by atoms with E-state index in [4.69, 9.17) is 9.47 Å². The van der Waals surface area contributed by atoms with Crippen molar-refractivity contribution >= 4 is 6.03 Å². The molecule has 1 saturated heterocycles. The molecule has 0 radical (unpaired) electrons. The molecule has 1 spiro atoms. The molecule has 2 heterocycles. The highest BCUT2D eigenvalue weighted by atomic mass is 16.5. The monoisotopic (exact) mass is 322 g/mol. The number of nitrogens with zero attached hydrogens (tertiary/aromatic N) is 3. The van der Waals surface area contributed by atoms with Gasteiger partial charge in [0.1, 0.15) is 0 Å². The lowest BCUT2D eigenvalue weighted by Gasteiger charge is -2.40. The van der Waals surface area contributed by atoms with Gasteiger partial charge in [0.25, 0.3) is 0 Å². The van der Waals surface area contributed by atoms with Crippen LogP contribution in [-0.4, -0.2) is 59.7 Å². The molecule has 128 valence electrons. The van der Waals surface area contributed by atoms with Crippen molar-refractivity contribution in [1.29, 1.82) is 0 Å². The first-order valence-electron chi connectivity index (χ1n) is 8.30. The molecule has 2 fully saturated rings. The zero-order chi connectivity index (χ0) is 16.3. The molecular weight excluding hydrogens is 296 g/mol.